The predicted molar refractivity (Wildman–Crippen MR) is 40.6 cm³/mol. The number of hydrogen-bond donors (Lipinski definition) is 0. The zero-order chi connectivity index (χ0) is 8.54. The third-order valence-corrected chi connectivity index (χ3v) is 3.75. The Kier molecular flexibility index (Phi) is 1.77. The van der Waals surface area contributed by atoms with E-state index in [1.165, 1.54) is 0 Å². The smallest absolute Gasteiger partial charge is 0.152 e. The first-order chi connectivity index (χ1) is 5.04. The van der Waals surface area contributed by atoms with Gasteiger partial charge in [0.2, 0.25) is 0 Å². The van der Waals surface area contributed by atoms with Crippen LogP contribution in [-0.2, 0) is 14.6 Å². The van der Waals surface area contributed by atoms with E-state index in [9.17, 15) is 13.2 Å². The van der Waals surface area contributed by atoms with Gasteiger partial charge in [0, 0.05) is 6.42 Å². The molecule has 4 heteroatoms. The van der Waals surface area contributed by atoms with Gasteiger partial charge >= 0.3 is 0 Å². The molecular formula is C7H8O3S. The van der Waals surface area contributed by atoms with E-state index in [-0.39, 0.29) is 17.9 Å². The molecule has 0 saturated carbocycles. The Morgan fingerprint density at radius 1 is 1.55 bits per heavy atom. The van der Waals surface area contributed by atoms with Gasteiger partial charge in [0.1, 0.15) is 6.29 Å². The van der Waals surface area contributed by atoms with Gasteiger partial charge in [-0.1, -0.05) is 0 Å². The van der Waals surface area contributed by atoms with Crippen molar-refractivity contribution in [3.63, 3.8) is 0 Å². The summed E-state index contributed by atoms with van der Waals surface area (Å²) in [4.78, 5) is 10.4. The Hall–Kier alpha value is -0.820. The van der Waals surface area contributed by atoms with E-state index in [0.717, 1.165) is 0 Å². The third-order valence-electron chi connectivity index (χ3n) is 1.72. The van der Waals surface area contributed by atoms with Gasteiger partial charge in [0.05, 0.1) is 16.9 Å². The van der Waals surface area contributed by atoms with Crippen LogP contribution >= 0.6 is 0 Å². The van der Waals surface area contributed by atoms with E-state index >= 15 is 0 Å². The molecule has 0 spiro atoms. The van der Waals surface area contributed by atoms with Crippen molar-refractivity contribution in [1.29, 1.82) is 0 Å². The van der Waals surface area contributed by atoms with Gasteiger partial charge in [-0.15, -0.1) is 12.3 Å². The maximum Gasteiger partial charge on any atom is 0.152 e. The molecule has 0 bridgehead atoms. The highest BCUT2D eigenvalue weighted by Crippen LogP contribution is 2.33. The largest absolute Gasteiger partial charge is 0.303 e. The van der Waals surface area contributed by atoms with Gasteiger partial charge in [0.25, 0.3) is 0 Å². The molecule has 1 aliphatic heterocycles. The van der Waals surface area contributed by atoms with Crippen LogP contribution in [0.4, 0.5) is 0 Å². The number of sulfone groups is 1. The van der Waals surface area contributed by atoms with Crippen LogP contribution in [0.25, 0.3) is 0 Å². The van der Waals surface area contributed by atoms with Gasteiger partial charge in [0.15, 0.2) is 9.84 Å². The summed E-state index contributed by atoms with van der Waals surface area (Å²) in [5.41, 5.74) is -0.756. The first-order valence-corrected chi connectivity index (χ1v) is 4.96. The topological polar surface area (TPSA) is 51.2 Å². The summed E-state index contributed by atoms with van der Waals surface area (Å²) in [7, 11) is -2.95. The van der Waals surface area contributed by atoms with Crippen LogP contribution < -0.4 is 0 Å². The summed E-state index contributed by atoms with van der Waals surface area (Å²) < 4.78 is 21.4. The van der Waals surface area contributed by atoms with Crippen molar-refractivity contribution in [2.75, 3.05) is 11.5 Å². The second-order valence-corrected chi connectivity index (χ2v) is 4.96. The highest BCUT2D eigenvalue weighted by atomic mass is 32.2. The Morgan fingerprint density at radius 3 is 2.36 bits per heavy atom. The molecule has 0 aromatic rings. The van der Waals surface area contributed by atoms with Crippen LogP contribution in [0.2, 0.25) is 0 Å². The average molecular weight is 172 g/mol. The zero-order valence-corrected chi connectivity index (χ0v) is 6.73. The quantitative estimate of drug-likeness (QED) is 0.421. The van der Waals surface area contributed by atoms with Gasteiger partial charge < -0.3 is 4.79 Å². The second-order valence-electron chi connectivity index (χ2n) is 2.89. The van der Waals surface area contributed by atoms with Crippen LogP contribution in [-0.4, -0.2) is 26.2 Å². The molecule has 1 rings (SSSR count). The fraction of sp³-hybridized carbons (Fsp3) is 0.571. The zero-order valence-electron chi connectivity index (χ0n) is 5.91. The summed E-state index contributed by atoms with van der Waals surface area (Å²) in [6.07, 6.45) is 5.88. The molecular weight excluding hydrogens is 164 g/mol. The number of carbonyl (C=O) groups excluding carboxylic acids is 1. The monoisotopic (exact) mass is 172 g/mol. The molecule has 0 amide bonds. The van der Waals surface area contributed by atoms with Crippen LogP contribution in [0.5, 0.6) is 0 Å². The lowest BCUT2D eigenvalue weighted by Crippen LogP contribution is -2.49. The van der Waals surface area contributed by atoms with Gasteiger partial charge in [-0.05, 0) is 0 Å². The molecule has 1 aliphatic rings. The number of terminal acetylenes is 1. The molecule has 0 aromatic heterocycles. The lowest BCUT2D eigenvalue weighted by Gasteiger charge is -2.34. The SMILES string of the molecule is C#CCC1(C=O)CS(=O)(=O)C1. The summed E-state index contributed by atoms with van der Waals surface area (Å²) >= 11 is 0. The minimum Gasteiger partial charge on any atom is -0.303 e. The van der Waals surface area contributed by atoms with E-state index in [2.05, 4.69) is 5.92 Å². The Labute approximate surface area is 65.7 Å². The van der Waals surface area contributed by atoms with Gasteiger partial charge in [-0.25, -0.2) is 8.42 Å². The molecule has 0 N–H and O–H groups in total. The minimum atomic E-state index is -2.95. The molecule has 1 heterocycles. The first kappa shape index (κ1) is 8.28. The molecule has 0 aliphatic carbocycles. The van der Waals surface area contributed by atoms with Gasteiger partial charge in [-0.2, -0.15) is 0 Å². The molecule has 0 unspecified atom stereocenters. The van der Waals surface area contributed by atoms with Crippen LogP contribution in [0.3, 0.4) is 0 Å². The van der Waals surface area contributed by atoms with Crippen molar-refractivity contribution in [3.05, 3.63) is 0 Å². The molecule has 3 nitrogen and oxygen atoms in total. The van der Waals surface area contributed by atoms with E-state index < -0.39 is 15.3 Å². The maximum absolute atomic E-state index is 10.7. The highest BCUT2D eigenvalue weighted by Gasteiger charge is 2.47. The Bertz CT molecular complexity index is 295. The van der Waals surface area contributed by atoms with Crippen molar-refractivity contribution in [1.82, 2.24) is 0 Å². The lowest BCUT2D eigenvalue weighted by atomic mass is 9.90. The van der Waals surface area contributed by atoms with Crippen molar-refractivity contribution >= 4 is 16.1 Å². The first-order valence-electron chi connectivity index (χ1n) is 3.14. The second kappa shape index (κ2) is 2.35. The molecule has 0 aromatic carbocycles. The minimum absolute atomic E-state index is 0.0757. The molecule has 0 radical (unpaired) electrons. The van der Waals surface area contributed by atoms with Crippen molar-refractivity contribution in [3.8, 4) is 12.3 Å². The number of rotatable bonds is 2. The maximum atomic E-state index is 10.7. The molecule has 0 atom stereocenters. The fourth-order valence-electron chi connectivity index (χ4n) is 1.25. The normalized spacial score (nSPS) is 24.6. The summed E-state index contributed by atoms with van der Waals surface area (Å²) in [5, 5.41) is 0. The lowest BCUT2D eigenvalue weighted by molar-refractivity contribution is -0.114. The summed E-state index contributed by atoms with van der Waals surface area (Å²) in [6, 6.07) is 0. The number of carbonyl (C=O) groups is 1. The summed E-state index contributed by atoms with van der Waals surface area (Å²) in [6.45, 7) is 0. The van der Waals surface area contributed by atoms with Crippen molar-refractivity contribution in [2.45, 2.75) is 6.42 Å². The average Bonchev–Trinajstić information content (AvgIpc) is 1.84. The highest BCUT2D eigenvalue weighted by molar-refractivity contribution is 7.93. The number of hydrogen-bond acceptors (Lipinski definition) is 3. The standard InChI is InChI=1S/C7H8O3S/c1-2-3-7(4-8)5-11(9,10)6-7/h1,4H,3,5-6H2. The summed E-state index contributed by atoms with van der Waals surface area (Å²) in [5.74, 6) is 2.15. The van der Waals surface area contributed by atoms with E-state index in [4.69, 9.17) is 6.42 Å². The van der Waals surface area contributed by atoms with E-state index in [0.29, 0.717) is 6.29 Å². The van der Waals surface area contributed by atoms with Crippen LogP contribution in [0, 0.1) is 17.8 Å². The third kappa shape index (κ3) is 1.43. The molecule has 1 saturated heterocycles. The molecule has 11 heavy (non-hydrogen) atoms. The van der Waals surface area contributed by atoms with Crippen molar-refractivity contribution < 1.29 is 13.2 Å². The van der Waals surface area contributed by atoms with Crippen LogP contribution in [0.1, 0.15) is 6.42 Å². The van der Waals surface area contributed by atoms with Gasteiger partial charge in [-0.3, -0.25) is 0 Å². The van der Waals surface area contributed by atoms with E-state index in [1.54, 1.807) is 0 Å². The Balaban J connectivity index is 2.73. The predicted octanol–water partition coefficient (Wildman–Crippen LogP) is -0.377. The number of aldehydes is 1. The molecule has 60 valence electrons. The Morgan fingerprint density at radius 2 is 2.09 bits per heavy atom. The van der Waals surface area contributed by atoms with E-state index in [1.807, 2.05) is 0 Å². The fourth-order valence-corrected chi connectivity index (χ4v) is 3.26. The van der Waals surface area contributed by atoms with Crippen molar-refractivity contribution in [2.24, 2.45) is 5.41 Å². The molecule has 1 fully saturated rings. The van der Waals surface area contributed by atoms with Crippen LogP contribution in [0.15, 0.2) is 0 Å².